The van der Waals surface area contributed by atoms with Crippen molar-refractivity contribution >= 4 is 11.8 Å². The van der Waals surface area contributed by atoms with Crippen LogP contribution in [0.25, 0.3) is 0 Å². The molecule has 0 saturated carbocycles. The van der Waals surface area contributed by atoms with Crippen LogP contribution in [0.4, 0.5) is 0 Å². The Morgan fingerprint density at radius 1 is 1.17 bits per heavy atom. The number of hydrogen-bond donors (Lipinski definition) is 2. The summed E-state index contributed by atoms with van der Waals surface area (Å²) in [5.41, 5.74) is 4.00. The molecule has 128 valence electrons. The van der Waals surface area contributed by atoms with Gasteiger partial charge in [-0.15, -0.1) is 0 Å². The van der Waals surface area contributed by atoms with Crippen molar-refractivity contribution in [3.05, 3.63) is 22.5 Å². The van der Waals surface area contributed by atoms with Crippen molar-refractivity contribution < 1.29 is 9.59 Å². The van der Waals surface area contributed by atoms with Crippen molar-refractivity contribution in [3.63, 3.8) is 0 Å². The van der Waals surface area contributed by atoms with E-state index in [-0.39, 0.29) is 11.8 Å². The van der Waals surface area contributed by atoms with Crippen LogP contribution in [0.15, 0.2) is 0 Å². The van der Waals surface area contributed by atoms with Crippen LogP contribution in [0, 0.1) is 26.7 Å². The summed E-state index contributed by atoms with van der Waals surface area (Å²) in [6.45, 7) is 10.3. The summed E-state index contributed by atoms with van der Waals surface area (Å²) in [6, 6.07) is 0. The summed E-state index contributed by atoms with van der Waals surface area (Å²) in [4.78, 5) is 29.6. The van der Waals surface area contributed by atoms with Gasteiger partial charge < -0.3 is 15.2 Å². The third-order valence-electron chi connectivity index (χ3n) is 4.97. The van der Waals surface area contributed by atoms with E-state index in [0.29, 0.717) is 12.3 Å². The second-order valence-electron chi connectivity index (χ2n) is 6.66. The molecule has 1 aromatic heterocycles. The highest BCUT2D eigenvalue weighted by Crippen LogP contribution is 2.24. The van der Waals surface area contributed by atoms with Crippen molar-refractivity contribution in [2.75, 3.05) is 19.6 Å². The predicted octanol–water partition coefficient (Wildman–Crippen LogP) is 2.71. The zero-order chi connectivity index (χ0) is 17.0. The molecule has 23 heavy (non-hydrogen) atoms. The topological polar surface area (TPSA) is 65.2 Å². The fourth-order valence-corrected chi connectivity index (χ4v) is 3.15. The number of hydrogen-bond acceptors (Lipinski definition) is 2. The molecule has 0 aliphatic carbocycles. The van der Waals surface area contributed by atoms with Crippen molar-refractivity contribution in [3.8, 4) is 0 Å². The molecule has 2 amide bonds. The van der Waals surface area contributed by atoms with Gasteiger partial charge in [0.15, 0.2) is 0 Å². The van der Waals surface area contributed by atoms with Crippen LogP contribution >= 0.6 is 0 Å². The van der Waals surface area contributed by atoms with E-state index in [9.17, 15) is 9.59 Å². The summed E-state index contributed by atoms with van der Waals surface area (Å²) in [5, 5.41) is 2.93. The zero-order valence-corrected chi connectivity index (χ0v) is 14.8. The summed E-state index contributed by atoms with van der Waals surface area (Å²) >= 11 is 0. The molecule has 0 radical (unpaired) electrons. The highest BCUT2D eigenvalue weighted by molar-refractivity contribution is 5.94. The first kappa shape index (κ1) is 17.6. The Kier molecular flexibility index (Phi) is 5.85. The van der Waals surface area contributed by atoms with Crippen LogP contribution in [0.3, 0.4) is 0 Å². The quantitative estimate of drug-likeness (QED) is 0.876. The Morgan fingerprint density at radius 2 is 1.83 bits per heavy atom. The minimum atomic E-state index is 0.0904. The Balaban J connectivity index is 1.87. The lowest BCUT2D eigenvalue weighted by Crippen LogP contribution is -2.40. The van der Waals surface area contributed by atoms with Gasteiger partial charge in [-0.1, -0.05) is 6.92 Å². The van der Waals surface area contributed by atoms with Crippen molar-refractivity contribution in [1.29, 1.82) is 0 Å². The third-order valence-corrected chi connectivity index (χ3v) is 4.97. The van der Waals surface area contributed by atoms with Crippen LogP contribution in [0.5, 0.6) is 0 Å². The molecule has 0 aromatic carbocycles. The van der Waals surface area contributed by atoms with Gasteiger partial charge in [0, 0.05) is 31.7 Å². The number of nitrogens with zero attached hydrogens (tertiary/aromatic N) is 1. The number of carbonyl (C=O) groups excluding carboxylic acids is 2. The van der Waals surface area contributed by atoms with Crippen LogP contribution < -0.4 is 5.32 Å². The number of piperidine rings is 1. The van der Waals surface area contributed by atoms with E-state index >= 15 is 0 Å². The third kappa shape index (κ3) is 4.15. The van der Waals surface area contributed by atoms with E-state index in [1.807, 2.05) is 25.7 Å². The number of rotatable bonds is 5. The lowest BCUT2D eigenvalue weighted by atomic mass is 9.93. The van der Waals surface area contributed by atoms with Crippen molar-refractivity contribution in [1.82, 2.24) is 15.2 Å². The number of aromatic amines is 1. The van der Waals surface area contributed by atoms with Gasteiger partial charge in [-0.3, -0.25) is 9.59 Å². The van der Waals surface area contributed by atoms with Crippen molar-refractivity contribution in [2.24, 2.45) is 5.92 Å². The number of amides is 2. The Morgan fingerprint density at radius 3 is 2.35 bits per heavy atom. The van der Waals surface area contributed by atoms with E-state index in [1.165, 1.54) is 0 Å². The largest absolute Gasteiger partial charge is 0.356 e. The fourth-order valence-electron chi connectivity index (χ4n) is 3.15. The number of nitrogens with one attached hydrogen (secondary N) is 2. The average Bonchev–Trinajstić information content (AvgIpc) is 2.80. The molecule has 1 aromatic rings. The SMILES string of the molecule is CCCNC(=O)CC1CCN(C(=O)c2[nH]c(C)c(C)c2C)CC1. The average molecular weight is 319 g/mol. The Labute approximate surface area is 138 Å². The molecule has 2 heterocycles. The normalized spacial score (nSPS) is 15.7. The number of likely N-dealkylation sites (tertiary alicyclic amines) is 1. The second-order valence-corrected chi connectivity index (χ2v) is 6.66. The molecule has 5 heteroatoms. The van der Waals surface area contributed by atoms with Crippen LogP contribution in [0.2, 0.25) is 0 Å². The van der Waals surface area contributed by atoms with E-state index in [0.717, 1.165) is 61.4 Å². The van der Waals surface area contributed by atoms with E-state index in [2.05, 4.69) is 17.2 Å². The second kappa shape index (κ2) is 7.66. The molecule has 0 unspecified atom stereocenters. The van der Waals surface area contributed by atoms with Crippen molar-refractivity contribution in [2.45, 2.75) is 53.4 Å². The minimum Gasteiger partial charge on any atom is -0.356 e. The molecular formula is C18H29N3O2. The summed E-state index contributed by atoms with van der Waals surface area (Å²) < 4.78 is 0. The smallest absolute Gasteiger partial charge is 0.270 e. The van der Waals surface area contributed by atoms with Crippen LogP contribution in [0.1, 0.15) is 59.9 Å². The first-order valence-corrected chi connectivity index (χ1v) is 8.65. The number of H-pyrrole nitrogens is 1. The van der Waals surface area contributed by atoms with Gasteiger partial charge in [0.25, 0.3) is 5.91 Å². The van der Waals surface area contributed by atoms with E-state index in [1.54, 1.807) is 0 Å². The molecule has 2 N–H and O–H groups in total. The minimum absolute atomic E-state index is 0.0904. The van der Waals surface area contributed by atoms with Crippen LogP contribution in [-0.4, -0.2) is 41.3 Å². The maximum Gasteiger partial charge on any atom is 0.270 e. The van der Waals surface area contributed by atoms with Gasteiger partial charge >= 0.3 is 0 Å². The van der Waals surface area contributed by atoms with Crippen LogP contribution in [-0.2, 0) is 4.79 Å². The maximum absolute atomic E-state index is 12.7. The Bertz CT molecular complexity index is 569. The van der Waals surface area contributed by atoms with Gasteiger partial charge in [0.1, 0.15) is 5.69 Å². The van der Waals surface area contributed by atoms with Gasteiger partial charge in [-0.25, -0.2) is 0 Å². The lowest BCUT2D eigenvalue weighted by molar-refractivity contribution is -0.122. The van der Waals surface area contributed by atoms with Gasteiger partial charge in [0.2, 0.25) is 5.91 Å². The molecule has 1 aliphatic heterocycles. The van der Waals surface area contributed by atoms with E-state index < -0.39 is 0 Å². The number of carbonyl (C=O) groups is 2. The molecule has 1 aliphatic rings. The first-order valence-electron chi connectivity index (χ1n) is 8.65. The molecule has 0 bridgehead atoms. The first-order chi connectivity index (χ1) is 10.9. The number of aryl methyl sites for hydroxylation is 1. The summed E-state index contributed by atoms with van der Waals surface area (Å²) in [5.74, 6) is 0.625. The highest BCUT2D eigenvalue weighted by Gasteiger charge is 2.27. The zero-order valence-electron chi connectivity index (χ0n) is 14.8. The van der Waals surface area contributed by atoms with Gasteiger partial charge in [-0.2, -0.15) is 0 Å². The van der Waals surface area contributed by atoms with Gasteiger partial charge in [0.05, 0.1) is 0 Å². The standard InChI is InChI=1S/C18H29N3O2/c1-5-8-19-16(22)11-15-6-9-21(10-7-15)18(23)17-13(3)12(2)14(4)20-17/h15,20H,5-11H2,1-4H3,(H,19,22). The summed E-state index contributed by atoms with van der Waals surface area (Å²) in [6.07, 6.45) is 3.36. The molecule has 0 atom stereocenters. The molecule has 1 saturated heterocycles. The summed E-state index contributed by atoms with van der Waals surface area (Å²) in [7, 11) is 0. The van der Waals surface area contributed by atoms with Gasteiger partial charge in [-0.05, 0) is 57.1 Å². The number of aromatic nitrogens is 1. The highest BCUT2D eigenvalue weighted by atomic mass is 16.2. The lowest BCUT2D eigenvalue weighted by Gasteiger charge is -2.31. The Hall–Kier alpha value is -1.78. The maximum atomic E-state index is 12.7. The monoisotopic (exact) mass is 319 g/mol. The molecule has 5 nitrogen and oxygen atoms in total. The molecule has 0 spiro atoms. The molecule has 2 rings (SSSR count). The molecule has 1 fully saturated rings. The molecular weight excluding hydrogens is 290 g/mol. The van der Waals surface area contributed by atoms with E-state index in [4.69, 9.17) is 0 Å². The fraction of sp³-hybridized carbons (Fsp3) is 0.667. The predicted molar refractivity (Wildman–Crippen MR) is 91.5 cm³/mol.